The Balaban J connectivity index is 2.46. The Labute approximate surface area is 120 Å². The first-order valence-electron chi connectivity index (χ1n) is 6.74. The van der Waals surface area contributed by atoms with E-state index in [4.69, 9.17) is 0 Å². The van der Waals surface area contributed by atoms with E-state index in [1.165, 1.54) is 11.1 Å². The van der Waals surface area contributed by atoms with Crippen LogP contribution in [0.4, 0.5) is 11.4 Å². The van der Waals surface area contributed by atoms with Crippen molar-refractivity contribution in [3.8, 4) is 11.1 Å². The smallest absolute Gasteiger partial charge is 0.0443 e. The van der Waals surface area contributed by atoms with Gasteiger partial charge in [-0.15, -0.1) is 13.2 Å². The molecular formula is C18H20N2. The monoisotopic (exact) mass is 264 g/mol. The van der Waals surface area contributed by atoms with Crippen molar-refractivity contribution in [2.24, 2.45) is 0 Å². The third kappa shape index (κ3) is 3.29. The van der Waals surface area contributed by atoms with Crippen LogP contribution < -0.4 is 10.6 Å². The Hall–Kier alpha value is -2.48. The van der Waals surface area contributed by atoms with E-state index in [1.807, 2.05) is 24.3 Å². The normalized spacial score (nSPS) is 9.80. The third-order valence-corrected chi connectivity index (χ3v) is 3.00. The van der Waals surface area contributed by atoms with Crippen molar-refractivity contribution in [3.63, 3.8) is 0 Å². The van der Waals surface area contributed by atoms with E-state index in [9.17, 15) is 0 Å². The summed E-state index contributed by atoms with van der Waals surface area (Å²) in [6.07, 6.45) is 3.72. The molecule has 2 rings (SSSR count). The molecule has 0 fully saturated rings. The number of hydrogen-bond donors (Lipinski definition) is 2. The minimum absolute atomic E-state index is 0.741. The Morgan fingerprint density at radius 3 is 1.80 bits per heavy atom. The van der Waals surface area contributed by atoms with Gasteiger partial charge in [0, 0.05) is 30.0 Å². The highest BCUT2D eigenvalue weighted by atomic mass is 14.9. The van der Waals surface area contributed by atoms with Crippen LogP contribution in [-0.2, 0) is 0 Å². The van der Waals surface area contributed by atoms with Gasteiger partial charge in [-0.1, -0.05) is 48.6 Å². The van der Waals surface area contributed by atoms with E-state index in [0.717, 1.165) is 24.5 Å². The first-order chi connectivity index (χ1) is 9.86. The highest BCUT2D eigenvalue weighted by Gasteiger charge is 2.09. The van der Waals surface area contributed by atoms with Gasteiger partial charge in [-0.3, -0.25) is 0 Å². The summed E-state index contributed by atoms with van der Waals surface area (Å²) in [5, 5.41) is 6.79. The van der Waals surface area contributed by atoms with Crippen LogP contribution in [0.15, 0.2) is 73.8 Å². The van der Waals surface area contributed by atoms with Gasteiger partial charge in [0.2, 0.25) is 0 Å². The molecule has 2 aromatic rings. The summed E-state index contributed by atoms with van der Waals surface area (Å²) in [7, 11) is 0. The van der Waals surface area contributed by atoms with E-state index in [-0.39, 0.29) is 0 Å². The number of nitrogens with one attached hydrogen (secondary N) is 2. The van der Waals surface area contributed by atoms with Crippen molar-refractivity contribution in [2.75, 3.05) is 23.7 Å². The topological polar surface area (TPSA) is 24.1 Å². The average molecular weight is 264 g/mol. The predicted octanol–water partition coefficient (Wildman–Crippen LogP) is 4.55. The number of hydrogen-bond acceptors (Lipinski definition) is 2. The van der Waals surface area contributed by atoms with Crippen molar-refractivity contribution >= 4 is 11.4 Å². The molecule has 0 radical (unpaired) electrons. The van der Waals surface area contributed by atoms with Gasteiger partial charge < -0.3 is 10.6 Å². The molecule has 0 saturated carbocycles. The maximum Gasteiger partial charge on any atom is 0.0443 e. The lowest BCUT2D eigenvalue weighted by Gasteiger charge is -2.16. The highest BCUT2D eigenvalue weighted by Crippen LogP contribution is 2.35. The molecule has 2 nitrogen and oxygen atoms in total. The van der Waals surface area contributed by atoms with Gasteiger partial charge in [-0.05, 0) is 17.7 Å². The molecule has 0 spiro atoms. The zero-order chi connectivity index (χ0) is 14.2. The lowest BCUT2D eigenvalue weighted by Crippen LogP contribution is -2.04. The van der Waals surface area contributed by atoms with E-state index < -0.39 is 0 Å². The van der Waals surface area contributed by atoms with Crippen LogP contribution in [0.2, 0.25) is 0 Å². The molecule has 0 aliphatic heterocycles. The molecule has 2 heteroatoms. The lowest BCUT2D eigenvalue weighted by molar-refractivity contribution is 1.31. The van der Waals surface area contributed by atoms with Crippen LogP contribution in [0, 0.1) is 0 Å². The van der Waals surface area contributed by atoms with E-state index in [0.29, 0.717) is 0 Å². The van der Waals surface area contributed by atoms with E-state index in [2.05, 4.69) is 60.2 Å². The van der Waals surface area contributed by atoms with E-state index in [1.54, 1.807) is 0 Å². The molecule has 0 aliphatic carbocycles. The molecular weight excluding hydrogens is 244 g/mol. The molecule has 0 aliphatic rings. The number of anilines is 2. The highest BCUT2D eigenvalue weighted by molar-refractivity contribution is 5.88. The average Bonchev–Trinajstić information content (AvgIpc) is 2.51. The van der Waals surface area contributed by atoms with Crippen LogP contribution in [-0.4, -0.2) is 13.1 Å². The number of benzene rings is 2. The largest absolute Gasteiger partial charge is 0.381 e. The molecule has 2 N–H and O–H groups in total. The van der Waals surface area contributed by atoms with Crippen LogP contribution in [0.3, 0.4) is 0 Å². The second kappa shape index (κ2) is 7.19. The van der Waals surface area contributed by atoms with Crippen LogP contribution in [0.25, 0.3) is 11.1 Å². The maximum absolute atomic E-state index is 3.76. The van der Waals surface area contributed by atoms with Crippen molar-refractivity contribution in [1.29, 1.82) is 0 Å². The van der Waals surface area contributed by atoms with Crippen molar-refractivity contribution in [2.45, 2.75) is 0 Å². The van der Waals surface area contributed by atoms with Gasteiger partial charge in [0.1, 0.15) is 0 Å². The van der Waals surface area contributed by atoms with E-state index >= 15 is 0 Å². The van der Waals surface area contributed by atoms with Crippen LogP contribution in [0.1, 0.15) is 0 Å². The Bertz CT molecular complexity index is 543. The zero-order valence-corrected chi connectivity index (χ0v) is 11.6. The molecule has 0 atom stereocenters. The van der Waals surface area contributed by atoms with Gasteiger partial charge in [0.15, 0.2) is 0 Å². The summed E-state index contributed by atoms with van der Waals surface area (Å²) < 4.78 is 0. The summed E-state index contributed by atoms with van der Waals surface area (Å²) in [5.74, 6) is 0. The fourth-order valence-electron chi connectivity index (χ4n) is 2.13. The summed E-state index contributed by atoms with van der Waals surface area (Å²) in [6.45, 7) is 9.00. The van der Waals surface area contributed by atoms with Crippen molar-refractivity contribution in [1.82, 2.24) is 0 Å². The molecule has 0 heterocycles. The van der Waals surface area contributed by atoms with Gasteiger partial charge in [0.25, 0.3) is 0 Å². The lowest BCUT2D eigenvalue weighted by atomic mass is 10.0. The summed E-state index contributed by atoms with van der Waals surface area (Å²) in [6, 6.07) is 16.6. The predicted molar refractivity (Wildman–Crippen MR) is 89.3 cm³/mol. The van der Waals surface area contributed by atoms with Gasteiger partial charge in [-0.25, -0.2) is 0 Å². The minimum Gasteiger partial charge on any atom is -0.381 e. The zero-order valence-electron chi connectivity index (χ0n) is 11.6. The Morgan fingerprint density at radius 1 is 0.750 bits per heavy atom. The Kier molecular flexibility index (Phi) is 5.01. The molecule has 0 saturated heterocycles. The maximum atomic E-state index is 3.76. The molecule has 0 amide bonds. The molecule has 0 bridgehead atoms. The molecule has 0 unspecified atom stereocenters. The fourth-order valence-corrected chi connectivity index (χ4v) is 2.13. The number of rotatable bonds is 7. The van der Waals surface area contributed by atoms with Crippen LogP contribution in [0.5, 0.6) is 0 Å². The summed E-state index contributed by atoms with van der Waals surface area (Å²) in [4.78, 5) is 0. The summed E-state index contributed by atoms with van der Waals surface area (Å²) in [5.41, 5.74) is 4.57. The first kappa shape index (κ1) is 13.9. The SMILES string of the molecule is C=CCNc1cccc(NCC=C)c1-c1ccccc1. The minimum atomic E-state index is 0.741. The quantitative estimate of drug-likeness (QED) is 0.717. The Morgan fingerprint density at radius 2 is 1.30 bits per heavy atom. The second-order valence-corrected chi connectivity index (χ2v) is 4.43. The fraction of sp³-hybridized carbons (Fsp3) is 0.111. The third-order valence-electron chi connectivity index (χ3n) is 3.00. The molecule has 20 heavy (non-hydrogen) atoms. The van der Waals surface area contributed by atoms with Gasteiger partial charge in [0.05, 0.1) is 0 Å². The molecule has 0 aromatic heterocycles. The second-order valence-electron chi connectivity index (χ2n) is 4.43. The van der Waals surface area contributed by atoms with Crippen molar-refractivity contribution in [3.05, 3.63) is 73.8 Å². The first-order valence-corrected chi connectivity index (χ1v) is 6.74. The molecule has 2 aromatic carbocycles. The van der Waals surface area contributed by atoms with Gasteiger partial charge in [-0.2, -0.15) is 0 Å². The summed E-state index contributed by atoms with van der Waals surface area (Å²) >= 11 is 0. The van der Waals surface area contributed by atoms with Crippen molar-refractivity contribution < 1.29 is 0 Å². The van der Waals surface area contributed by atoms with Crippen LogP contribution >= 0.6 is 0 Å². The molecule has 102 valence electrons. The standard InChI is InChI=1S/C18H20N2/c1-3-13-19-16-11-8-12-17(20-14-4-2)18(16)15-9-6-5-7-10-15/h3-12,19-20H,1-2,13-14H2. The van der Waals surface area contributed by atoms with Gasteiger partial charge >= 0.3 is 0 Å².